The quantitative estimate of drug-likeness (QED) is 0.752. The fourth-order valence-electron chi connectivity index (χ4n) is 1.51. The van der Waals surface area contributed by atoms with Crippen LogP contribution in [0.5, 0.6) is 0 Å². The van der Waals surface area contributed by atoms with E-state index < -0.39 is 11.7 Å². The van der Waals surface area contributed by atoms with Crippen LogP contribution in [-0.2, 0) is 4.74 Å². The molecule has 100 valence electrons. The average Bonchev–Trinajstić information content (AvgIpc) is 2.22. The topological polar surface area (TPSA) is 64.3 Å². The molecule has 0 saturated carbocycles. The molecule has 0 unspecified atom stereocenters. The Kier molecular flexibility index (Phi) is 3.89. The monoisotopic (exact) mass is 250 g/mol. The summed E-state index contributed by atoms with van der Waals surface area (Å²) in [5, 5.41) is 2.69. The van der Waals surface area contributed by atoms with Crippen LogP contribution in [0.4, 0.5) is 4.79 Å². The van der Waals surface area contributed by atoms with Crippen molar-refractivity contribution in [2.45, 2.75) is 40.2 Å². The summed E-state index contributed by atoms with van der Waals surface area (Å²) < 4.78 is 5.20. The lowest BCUT2D eigenvalue weighted by atomic mass is 9.92. The number of carbonyl (C=O) groups excluding carboxylic acids is 1. The first-order valence-corrected chi connectivity index (χ1v) is 5.97. The van der Waals surface area contributed by atoms with Gasteiger partial charge in [0.05, 0.1) is 11.4 Å². The van der Waals surface area contributed by atoms with Crippen LogP contribution in [0.3, 0.4) is 0 Å². The van der Waals surface area contributed by atoms with Crippen LogP contribution < -0.4 is 11.1 Å². The van der Waals surface area contributed by atoms with Gasteiger partial charge in [0, 0.05) is 5.41 Å². The van der Waals surface area contributed by atoms with Gasteiger partial charge in [-0.05, 0) is 32.9 Å². The van der Waals surface area contributed by atoms with Crippen molar-refractivity contribution in [1.29, 1.82) is 0 Å². The first-order valence-electron chi connectivity index (χ1n) is 5.97. The third-order valence-corrected chi connectivity index (χ3v) is 2.26. The number of hydrogen-bond acceptors (Lipinski definition) is 3. The molecule has 0 aromatic carbocycles. The molecule has 3 N–H and O–H groups in total. The summed E-state index contributed by atoms with van der Waals surface area (Å²) in [5.74, 6) is 0. The molecule has 1 amide bonds. The molecule has 0 saturated heterocycles. The molecule has 0 fully saturated rings. The van der Waals surface area contributed by atoms with Gasteiger partial charge in [-0.2, -0.15) is 0 Å². The highest BCUT2D eigenvalue weighted by molar-refractivity contribution is 5.71. The van der Waals surface area contributed by atoms with Gasteiger partial charge in [-0.3, -0.25) is 5.32 Å². The van der Waals surface area contributed by atoms with Crippen LogP contribution >= 0.6 is 0 Å². The van der Waals surface area contributed by atoms with Gasteiger partial charge < -0.3 is 10.5 Å². The largest absolute Gasteiger partial charge is 0.444 e. The van der Waals surface area contributed by atoms with Crippen LogP contribution in [0, 0.1) is 5.41 Å². The normalized spacial score (nSPS) is 18.5. The Bertz CT molecular complexity index is 424. The third-order valence-electron chi connectivity index (χ3n) is 2.26. The van der Waals surface area contributed by atoms with Crippen LogP contribution in [0.25, 0.3) is 0 Å². The molecule has 0 aromatic rings. The summed E-state index contributed by atoms with van der Waals surface area (Å²) in [5.41, 5.74) is 6.29. The van der Waals surface area contributed by atoms with Crippen LogP contribution in [0.1, 0.15) is 34.6 Å². The molecular weight excluding hydrogens is 228 g/mol. The van der Waals surface area contributed by atoms with Crippen molar-refractivity contribution in [3.63, 3.8) is 0 Å². The van der Waals surface area contributed by atoms with Crippen LogP contribution in [0.2, 0.25) is 0 Å². The number of allylic oxidation sites excluding steroid dienone is 4. The molecule has 0 aliphatic heterocycles. The van der Waals surface area contributed by atoms with Crippen molar-refractivity contribution >= 4 is 6.09 Å². The second kappa shape index (κ2) is 4.88. The second-order valence-corrected chi connectivity index (χ2v) is 5.99. The Morgan fingerprint density at radius 2 is 2.00 bits per heavy atom. The molecule has 1 aliphatic rings. The first-order chi connectivity index (χ1) is 8.09. The van der Waals surface area contributed by atoms with Gasteiger partial charge in [-0.25, -0.2) is 4.79 Å². The summed E-state index contributed by atoms with van der Waals surface area (Å²) in [7, 11) is 0. The van der Waals surface area contributed by atoms with Crippen molar-refractivity contribution < 1.29 is 9.53 Å². The van der Waals surface area contributed by atoms with Crippen LogP contribution in [-0.4, -0.2) is 11.7 Å². The van der Waals surface area contributed by atoms with E-state index in [4.69, 9.17) is 10.5 Å². The van der Waals surface area contributed by atoms with Gasteiger partial charge >= 0.3 is 6.09 Å². The lowest BCUT2D eigenvalue weighted by Crippen LogP contribution is -2.33. The van der Waals surface area contributed by atoms with E-state index in [0.29, 0.717) is 11.4 Å². The van der Waals surface area contributed by atoms with E-state index in [1.807, 2.05) is 52.8 Å². The molecular formula is C14H22N2O2. The zero-order valence-corrected chi connectivity index (χ0v) is 11.7. The predicted octanol–water partition coefficient (Wildman–Crippen LogP) is 2.83. The maximum absolute atomic E-state index is 11.7. The van der Waals surface area contributed by atoms with Crippen molar-refractivity contribution in [2.24, 2.45) is 11.1 Å². The van der Waals surface area contributed by atoms with Gasteiger partial charge in [-0.1, -0.05) is 26.0 Å². The second-order valence-electron chi connectivity index (χ2n) is 5.99. The van der Waals surface area contributed by atoms with E-state index in [1.54, 1.807) is 6.08 Å². The number of nitrogens with one attached hydrogen (secondary N) is 1. The van der Waals surface area contributed by atoms with Crippen LogP contribution in [0.15, 0.2) is 35.7 Å². The zero-order valence-electron chi connectivity index (χ0n) is 11.7. The van der Waals surface area contributed by atoms with E-state index >= 15 is 0 Å². The minimum Gasteiger partial charge on any atom is -0.444 e. The minimum atomic E-state index is -0.526. The van der Waals surface area contributed by atoms with Crippen molar-refractivity contribution in [3.05, 3.63) is 35.7 Å². The molecule has 0 bridgehead atoms. The highest BCUT2D eigenvalue weighted by atomic mass is 16.6. The molecule has 0 heterocycles. The number of rotatable bonds is 1. The van der Waals surface area contributed by atoms with Gasteiger partial charge in [-0.15, -0.1) is 0 Å². The lowest BCUT2D eigenvalue weighted by Gasteiger charge is -2.21. The SMILES string of the molecule is CC1(C)C=CC=C(N)C(NC(=O)OC(C)(C)C)=C1. The number of hydrogen-bond donors (Lipinski definition) is 2. The fraction of sp³-hybridized carbons (Fsp3) is 0.500. The standard InChI is InChI=1S/C14H22N2O2/c1-13(2,3)18-12(17)16-11-9-14(4,5)8-6-7-10(11)15/h6-9H,15H2,1-5H3,(H,16,17). The summed E-state index contributed by atoms with van der Waals surface area (Å²) in [6.45, 7) is 9.52. The Balaban J connectivity index is 2.83. The molecule has 0 spiro atoms. The number of nitrogens with two attached hydrogens (primary N) is 1. The van der Waals surface area contributed by atoms with E-state index in [1.165, 1.54) is 0 Å². The summed E-state index contributed by atoms with van der Waals surface area (Å²) >= 11 is 0. The lowest BCUT2D eigenvalue weighted by molar-refractivity contribution is 0.0546. The van der Waals surface area contributed by atoms with Crippen molar-refractivity contribution in [1.82, 2.24) is 5.32 Å². The number of ether oxygens (including phenoxy) is 1. The highest BCUT2D eigenvalue weighted by Crippen LogP contribution is 2.24. The van der Waals surface area contributed by atoms with Crippen molar-refractivity contribution in [2.75, 3.05) is 0 Å². The molecule has 1 rings (SSSR count). The molecule has 18 heavy (non-hydrogen) atoms. The fourth-order valence-corrected chi connectivity index (χ4v) is 1.51. The van der Waals surface area contributed by atoms with Gasteiger partial charge in [0.1, 0.15) is 5.60 Å². The van der Waals surface area contributed by atoms with E-state index in [-0.39, 0.29) is 5.41 Å². The third kappa shape index (κ3) is 4.65. The van der Waals surface area contributed by atoms with E-state index in [0.717, 1.165) is 0 Å². The summed E-state index contributed by atoms with van der Waals surface area (Å²) in [6.07, 6.45) is 7.08. The molecule has 0 aromatic heterocycles. The Labute approximate surface area is 109 Å². The maximum atomic E-state index is 11.7. The molecule has 4 nitrogen and oxygen atoms in total. The molecule has 0 atom stereocenters. The molecule has 1 aliphatic carbocycles. The highest BCUT2D eigenvalue weighted by Gasteiger charge is 2.20. The summed E-state index contributed by atoms with van der Waals surface area (Å²) in [4.78, 5) is 11.7. The number of amides is 1. The molecule has 0 radical (unpaired) electrons. The predicted molar refractivity (Wildman–Crippen MR) is 72.6 cm³/mol. The van der Waals surface area contributed by atoms with E-state index in [9.17, 15) is 4.79 Å². The zero-order chi connectivity index (χ0) is 14.0. The first kappa shape index (κ1) is 14.4. The van der Waals surface area contributed by atoms with Gasteiger partial charge in [0.15, 0.2) is 0 Å². The number of carbonyl (C=O) groups is 1. The van der Waals surface area contributed by atoms with Gasteiger partial charge in [0.25, 0.3) is 0 Å². The average molecular weight is 250 g/mol. The Hall–Kier alpha value is -1.71. The smallest absolute Gasteiger partial charge is 0.412 e. The van der Waals surface area contributed by atoms with E-state index in [2.05, 4.69) is 5.32 Å². The number of alkyl carbamates (subject to hydrolysis) is 1. The minimum absolute atomic E-state index is 0.165. The Morgan fingerprint density at radius 1 is 1.39 bits per heavy atom. The molecule has 4 heteroatoms. The Morgan fingerprint density at radius 3 is 2.56 bits per heavy atom. The maximum Gasteiger partial charge on any atom is 0.412 e. The van der Waals surface area contributed by atoms with Crippen molar-refractivity contribution in [3.8, 4) is 0 Å². The summed E-state index contributed by atoms with van der Waals surface area (Å²) in [6, 6.07) is 0. The van der Waals surface area contributed by atoms with Gasteiger partial charge in [0.2, 0.25) is 0 Å².